The summed E-state index contributed by atoms with van der Waals surface area (Å²) >= 11 is 0. The molecule has 0 fully saturated rings. The van der Waals surface area contributed by atoms with Gasteiger partial charge in [-0.15, -0.1) is 0 Å². The molecule has 110 valence electrons. The molecule has 0 aliphatic rings. The highest BCUT2D eigenvalue weighted by Gasteiger charge is 2.15. The topological polar surface area (TPSA) is 82.0 Å². The minimum Gasteiger partial charge on any atom is -0.314 e. The summed E-state index contributed by atoms with van der Waals surface area (Å²) in [6.07, 6.45) is 0.643. The van der Waals surface area contributed by atoms with Crippen molar-refractivity contribution in [1.82, 2.24) is 10.0 Å². The van der Waals surface area contributed by atoms with Crippen LogP contribution in [0.5, 0.6) is 0 Å². The molecule has 0 aliphatic carbocycles. The van der Waals surface area contributed by atoms with E-state index in [0.717, 1.165) is 18.2 Å². The van der Waals surface area contributed by atoms with Crippen LogP contribution < -0.4 is 10.0 Å². The van der Waals surface area contributed by atoms with Gasteiger partial charge in [-0.2, -0.15) is 5.26 Å². The summed E-state index contributed by atoms with van der Waals surface area (Å²) in [5.41, 5.74) is -0.283. The summed E-state index contributed by atoms with van der Waals surface area (Å²) in [5.74, 6) is -0.729. The van der Waals surface area contributed by atoms with E-state index in [1.165, 1.54) is 0 Å². The number of halogens is 1. The molecule has 2 N–H and O–H groups in total. The fourth-order valence-electron chi connectivity index (χ4n) is 1.53. The Hall–Kier alpha value is -1.49. The summed E-state index contributed by atoms with van der Waals surface area (Å²) in [6.45, 7) is 4.99. The fourth-order valence-corrected chi connectivity index (χ4v) is 2.63. The van der Waals surface area contributed by atoms with Crippen LogP contribution in [0.1, 0.15) is 25.8 Å². The zero-order valence-corrected chi connectivity index (χ0v) is 12.3. The van der Waals surface area contributed by atoms with E-state index in [0.29, 0.717) is 19.0 Å². The molecular weight excluding hydrogens is 281 g/mol. The van der Waals surface area contributed by atoms with E-state index >= 15 is 0 Å². The molecule has 0 amide bonds. The molecule has 0 unspecified atom stereocenters. The van der Waals surface area contributed by atoms with Crippen LogP contribution in [0.15, 0.2) is 23.1 Å². The lowest BCUT2D eigenvalue weighted by Gasteiger charge is -2.09. The highest BCUT2D eigenvalue weighted by molar-refractivity contribution is 7.89. The van der Waals surface area contributed by atoms with Crippen LogP contribution in [0.4, 0.5) is 4.39 Å². The number of nitriles is 1. The maximum atomic E-state index is 13.1. The molecule has 0 aromatic heterocycles. The standard InChI is InChI=1S/C13H18FN3O2S/c1-10(2)16-6-3-7-17-20(18,19)12-4-5-13(14)11(8-12)9-15/h4-5,8,10,16-17H,3,6-7H2,1-2H3. The molecule has 0 saturated carbocycles. The molecule has 0 radical (unpaired) electrons. The van der Waals surface area contributed by atoms with Gasteiger partial charge in [0, 0.05) is 12.6 Å². The number of rotatable bonds is 7. The molecular formula is C13H18FN3O2S. The molecule has 0 spiro atoms. The summed E-state index contributed by atoms with van der Waals surface area (Å²) < 4.78 is 39.5. The normalized spacial score (nSPS) is 11.6. The molecule has 7 heteroatoms. The largest absolute Gasteiger partial charge is 0.314 e. The average Bonchev–Trinajstić information content (AvgIpc) is 2.38. The quantitative estimate of drug-likeness (QED) is 0.745. The van der Waals surface area contributed by atoms with Gasteiger partial charge in [0.25, 0.3) is 0 Å². The van der Waals surface area contributed by atoms with Gasteiger partial charge in [-0.05, 0) is 31.2 Å². The first-order valence-corrected chi connectivity index (χ1v) is 7.78. The third kappa shape index (κ3) is 4.89. The van der Waals surface area contributed by atoms with Crippen molar-refractivity contribution in [3.8, 4) is 6.07 Å². The maximum absolute atomic E-state index is 13.1. The number of nitrogens with zero attached hydrogens (tertiary/aromatic N) is 1. The van der Waals surface area contributed by atoms with Gasteiger partial charge in [0.05, 0.1) is 10.5 Å². The lowest BCUT2D eigenvalue weighted by atomic mass is 10.2. The van der Waals surface area contributed by atoms with Crippen molar-refractivity contribution in [3.63, 3.8) is 0 Å². The highest BCUT2D eigenvalue weighted by Crippen LogP contribution is 2.14. The molecule has 20 heavy (non-hydrogen) atoms. The zero-order chi connectivity index (χ0) is 15.2. The second-order valence-corrected chi connectivity index (χ2v) is 6.38. The second-order valence-electron chi connectivity index (χ2n) is 4.61. The van der Waals surface area contributed by atoms with Gasteiger partial charge in [0.1, 0.15) is 11.9 Å². The molecule has 0 atom stereocenters. The first-order chi connectivity index (χ1) is 9.36. The van der Waals surface area contributed by atoms with E-state index in [1.807, 2.05) is 13.8 Å². The first kappa shape index (κ1) is 16.6. The summed E-state index contributed by atoms with van der Waals surface area (Å²) in [7, 11) is -3.71. The van der Waals surface area contributed by atoms with Crippen LogP contribution >= 0.6 is 0 Å². The van der Waals surface area contributed by atoms with Crippen molar-refractivity contribution in [2.24, 2.45) is 0 Å². The van der Waals surface area contributed by atoms with Crippen LogP contribution in [0, 0.1) is 17.1 Å². The minimum atomic E-state index is -3.71. The Morgan fingerprint density at radius 1 is 1.35 bits per heavy atom. The van der Waals surface area contributed by atoms with Gasteiger partial charge >= 0.3 is 0 Å². The lowest BCUT2D eigenvalue weighted by molar-refractivity contribution is 0.554. The van der Waals surface area contributed by atoms with Crippen molar-refractivity contribution < 1.29 is 12.8 Å². The number of hydrogen-bond acceptors (Lipinski definition) is 4. The van der Waals surface area contributed by atoms with E-state index in [9.17, 15) is 12.8 Å². The van der Waals surface area contributed by atoms with E-state index < -0.39 is 15.8 Å². The fraction of sp³-hybridized carbons (Fsp3) is 0.462. The number of nitrogens with one attached hydrogen (secondary N) is 2. The molecule has 0 heterocycles. The predicted octanol–water partition coefficient (Wildman–Crippen LogP) is 1.36. The Morgan fingerprint density at radius 3 is 2.65 bits per heavy atom. The van der Waals surface area contributed by atoms with Crippen LogP contribution in [0.3, 0.4) is 0 Å². The Morgan fingerprint density at radius 2 is 2.05 bits per heavy atom. The Balaban J connectivity index is 2.63. The number of sulfonamides is 1. The molecule has 1 aromatic rings. The monoisotopic (exact) mass is 299 g/mol. The highest BCUT2D eigenvalue weighted by atomic mass is 32.2. The van der Waals surface area contributed by atoms with Gasteiger partial charge in [0.2, 0.25) is 10.0 Å². The molecule has 0 aliphatic heterocycles. The predicted molar refractivity (Wildman–Crippen MR) is 74.1 cm³/mol. The third-order valence-corrected chi connectivity index (χ3v) is 4.03. The summed E-state index contributed by atoms with van der Waals surface area (Å²) in [5, 5.41) is 11.9. The van der Waals surface area contributed by atoms with E-state index in [2.05, 4.69) is 10.0 Å². The minimum absolute atomic E-state index is 0.104. The van der Waals surface area contributed by atoms with E-state index in [1.54, 1.807) is 6.07 Å². The Bertz CT molecular complexity index is 594. The van der Waals surface area contributed by atoms with Crippen LogP contribution in [0.2, 0.25) is 0 Å². The van der Waals surface area contributed by atoms with E-state index in [-0.39, 0.29) is 17.0 Å². The van der Waals surface area contributed by atoms with Crippen molar-refractivity contribution in [1.29, 1.82) is 5.26 Å². The smallest absolute Gasteiger partial charge is 0.240 e. The van der Waals surface area contributed by atoms with Crippen molar-refractivity contribution >= 4 is 10.0 Å². The SMILES string of the molecule is CC(C)NCCCNS(=O)(=O)c1ccc(F)c(C#N)c1. The van der Waals surface area contributed by atoms with Gasteiger partial charge in [-0.25, -0.2) is 17.5 Å². The second kappa shape index (κ2) is 7.33. The van der Waals surface area contributed by atoms with Crippen molar-refractivity contribution in [3.05, 3.63) is 29.6 Å². The maximum Gasteiger partial charge on any atom is 0.240 e. The lowest BCUT2D eigenvalue weighted by Crippen LogP contribution is -2.29. The van der Waals surface area contributed by atoms with Gasteiger partial charge in [0.15, 0.2) is 0 Å². The van der Waals surface area contributed by atoms with Crippen LogP contribution in [0.25, 0.3) is 0 Å². The van der Waals surface area contributed by atoms with Crippen molar-refractivity contribution in [2.75, 3.05) is 13.1 Å². The Kier molecular flexibility index (Phi) is 6.07. The first-order valence-electron chi connectivity index (χ1n) is 6.29. The molecule has 0 saturated heterocycles. The molecule has 1 rings (SSSR count). The van der Waals surface area contributed by atoms with E-state index in [4.69, 9.17) is 5.26 Å². The number of hydrogen-bond donors (Lipinski definition) is 2. The Labute approximate surface area is 118 Å². The molecule has 0 bridgehead atoms. The number of benzene rings is 1. The van der Waals surface area contributed by atoms with Gasteiger partial charge < -0.3 is 5.32 Å². The summed E-state index contributed by atoms with van der Waals surface area (Å²) in [4.78, 5) is -0.104. The van der Waals surface area contributed by atoms with Crippen LogP contribution in [-0.4, -0.2) is 27.5 Å². The zero-order valence-electron chi connectivity index (χ0n) is 11.5. The van der Waals surface area contributed by atoms with Gasteiger partial charge in [-0.1, -0.05) is 13.8 Å². The average molecular weight is 299 g/mol. The molecule has 1 aromatic carbocycles. The third-order valence-electron chi connectivity index (χ3n) is 2.57. The van der Waals surface area contributed by atoms with Crippen LogP contribution in [-0.2, 0) is 10.0 Å². The van der Waals surface area contributed by atoms with Gasteiger partial charge in [-0.3, -0.25) is 0 Å². The molecule has 5 nitrogen and oxygen atoms in total. The van der Waals surface area contributed by atoms with Crippen molar-refractivity contribution in [2.45, 2.75) is 31.2 Å². The summed E-state index contributed by atoms with van der Waals surface area (Å²) in [6, 6.07) is 5.12.